The summed E-state index contributed by atoms with van der Waals surface area (Å²) in [6, 6.07) is 6.64. The van der Waals surface area contributed by atoms with Crippen LogP contribution in [-0.2, 0) is 19.1 Å². The van der Waals surface area contributed by atoms with Gasteiger partial charge in [-0.05, 0) is 26.0 Å². The van der Waals surface area contributed by atoms with E-state index in [0.717, 1.165) is 0 Å². The van der Waals surface area contributed by atoms with E-state index in [0.29, 0.717) is 37.7 Å². The number of ether oxygens (including phenoxy) is 2. The third-order valence-electron chi connectivity index (χ3n) is 4.71. The first-order valence-electron chi connectivity index (χ1n) is 9.20. The Morgan fingerprint density at radius 2 is 1.96 bits per heavy atom. The third-order valence-corrected chi connectivity index (χ3v) is 4.71. The van der Waals surface area contributed by atoms with Gasteiger partial charge in [-0.15, -0.1) is 0 Å². The van der Waals surface area contributed by atoms with Crippen LogP contribution in [0, 0.1) is 0 Å². The van der Waals surface area contributed by atoms with Gasteiger partial charge in [0.2, 0.25) is 11.8 Å². The molecule has 0 aromatic heterocycles. The fourth-order valence-electron chi connectivity index (χ4n) is 3.24. The normalized spacial score (nSPS) is 20.5. The van der Waals surface area contributed by atoms with Crippen molar-refractivity contribution >= 4 is 23.4 Å². The lowest BCUT2D eigenvalue weighted by Gasteiger charge is -2.33. The third kappa shape index (κ3) is 4.39. The molecule has 1 N–H and O–H groups in total. The maximum absolute atomic E-state index is 12.4. The predicted molar refractivity (Wildman–Crippen MR) is 98.5 cm³/mol. The number of carbonyl (C=O) groups excluding carboxylic acids is 3. The monoisotopic (exact) mass is 375 g/mol. The molecule has 8 nitrogen and oxygen atoms in total. The average Bonchev–Trinajstić information content (AvgIpc) is 2.68. The van der Waals surface area contributed by atoms with E-state index in [-0.39, 0.29) is 30.7 Å². The highest BCUT2D eigenvalue weighted by Crippen LogP contribution is 2.33. The van der Waals surface area contributed by atoms with Crippen LogP contribution in [0.3, 0.4) is 0 Å². The van der Waals surface area contributed by atoms with Crippen molar-refractivity contribution in [3.05, 3.63) is 24.3 Å². The van der Waals surface area contributed by atoms with Crippen molar-refractivity contribution in [1.82, 2.24) is 10.2 Å². The Hall–Kier alpha value is -2.61. The van der Waals surface area contributed by atoms with Crippen molar-refractivity contribution in [3.63, 3.8) is 0 Å². The fourth-order valence-corrected chi connectivity index (χ4v) is 3.24. The highest BCUT2D eigenvalue weighted by Gasteiger charge is 2.31. The van der Waals surface area contributed by atoms with Crippen molar-refractivity contribution in [3.8, 4) is 5.75 Å². The Labute approximate surface area is 158 Å². The van der Waals surface area contributed by atoms with Crippen LogP contribution in [0.1, 0.15) is 20.3 Å². The first-order chi connectivity index (χ1) is 13.0. The summed E-state index contributed by atoms with van der Waals surface area (Å²) in [7, 11) is 0. The van der Waals surface area contributed by atoms with Gasteiger partial charge in [0.05, 0.1) is 18.9 Å². The maximum Gasteiger partial charge on any atom is 0.267 e. The number of anilines is 1. The summed E-state index contributed by atoms with van der Waals surface area (Å²) in [6.45, 7) is 5.70. The number of nitrogens with one attached hydrogen (secondary N) is 1. The van der Waals surface area contributed by atoms with Gasteiger partial charge in [-0.25, -0.2) is 0 Å². The van der Waals surface area contributed by atoms with Gasteiger partial charge in [0.1, 0.15) is 11.8 Å². The number of morpholine rings is 1. The van der Waals surface area contributed by atoms with Crippen LogP contribution in [0.25, 0.3) is 0 Å². The van der Waals surface area contributed by atoms with Crippen LogP contribution >= 0.6 is 0 Å². The van der Waals surface area contributed by atoms with Crippen molar-refractivity contribution in [2.75, 3.05) is 37.7 Å². The van der Waals surface area contributed by atoms with Gasteiger partial charge in [-0.3, -0.25) is 14.4 Å². The minimum atomic E-state index is -0.609. The molecule has 1 saturated heterocycles. The van der Waals surface area contributed by atoms with Crippen molar-refractivity contribution in [1.29, 1.82) is 0 Å². The lowest BCUT2D eigenvalue weighted by Crippen LogP contribution is -2.51. The predicted octanol–water partition coefficient (Wildman–Crippen LogP) is 0.554. The zero-order valence-electron chi connectivity index (χ0n) is 15.6. The molecule has 0 spiro atoms. The Morgan fingerprint density at radius 3 is 2.70 bits per heavy atom. The van der Waals surface area contributed by atoms with Gasteiger partial charge in [0, 0.05) is 26.1 Å². The summed E-state index contributed by atoms with van der Waals surface area (Å²) in [5.74, 6) is 0.0569. The van der Waals surface area contributed by atoms with E-state index in [9.17, 15) is 14.4 Å². The molecule has 0 unspecified atom stereocenters. The van der Waals surface area contributed by atoms with Crippen LogP contribution in [0.5, 0.6) is 5.75 Å². The molecule has 3 rings (SSSR count). The average molecular weight is 375 g/mol. The number of hydrogen-bond donors (Lipinski definition) is 1. The molecule has 146 valence electrons. The second-order valence-electron chi connectivity index (χ2n) is 6.69. The highest BCUT2D eigenvalue weighted by molar-refractivity contribution is 6.00. The minimum absolute atomic E-state index is 0.105. The van der Waals surface area contributed by atoms with Crippen molar-refractivity contribution in [2.24, 2.45) is 0 Å². The highest BCUT2D eigenvalue weighted by atomic mass is 16.5. The second kappa shape index (κ2) is 8.39. The van der Waals surface area contributed by atoms with Crippen LogP contribution < -0.4 is 15.0 Å². The van der Waals surface area contributed by atoms with E-state index < -0.39 is 12.1 Å². The molecule has 2 aliphatic rings. The van der Waals surface area contributed by atoms with Crippen LogP contribution in [0.2, 0.25) is 0 Å². The molecule has 0 bridgehead atoms. The molecule has 0 radical (unpaired) electrons. The van der Waals surface area contributed by atoms with Gasteiger partial charge in [-0.1, -0.05) is 12.1 Å². The number of hydrogen-bond acceptors (Lipinski definition) is 5. The Morgan fingerprint density at radius 1 is 1.26 bits per heavy atom. The second-order valence-corrected chi connectivity index (χ2v) is 6.69. The van der Waals surface area contributed by atoms with E-state index in [1.165, 1.54) is 0 Å². The summed E-state index contributed by atoms with van der Waals surface area (Å²) in [6.07, 6.45) is -0.488. The summed E-state index contributed by atoms with van der Waals surface area (Å²) in [5, 5.41) is 2.73. The van der Waals surface area contributed by atoms with E-state index in [2.05, 4.69) is 5.32 Å². The molecule has 0 aliphatic carbocycles. The van der Waals surface area contributed by atoms with Gasteiger partial charge in [0.15, 0.2) is 6.10 Å². The zero-order chi connectivity index (χ0) is 19.4. The molecule has 27 heavy (non-hydrogen) atoms. The molecule has 0 saturated carbocycles. The molecule has 3 amide bonds. The molecule has 2 aliphatic heterocycles. The zero-order valence-corrected chi connectivity index (χ0v) is 15.6. The molecule has 8 heteroatoms. The standard InChI is InChI=1S/C19H25N3O5/c1-13(18(24)21-9-11-26-12-10-21)20-17(23)7-8-22-15-5-3-4-6-16(15)27-14(2)19(22)25/h3-6,13-14H,7-12H2,1-2H3,(H,20,23)/t13-,14+/m1/s1. The van der Waals surface area contributed by atoms with Crippen molar-refractivity contribution in [2.45, 2.75) is 32.4 Å². The summed E-state index contributed by atoms with van der Waals surface area (Å²) >= 11 is 0. The number of amides is 3. The number of nitrogens with zero attached hydrogens (tertiary/aromatic N) is 2. The minimum Gasteiger partial charge on any atom is -0.479 e. The van der Waals surface area contributed by atoms with Gasteiger partial charge >= 0.3 is 0 Å². The van der Waals surface area contributed by atoms with Crippen LogP contribution in [0.15, 0.2) is 24.3 Å². The summed E-state index contributed by atoms with van der Waals surface area (Å²) in [5.41, 5.74) is 0.658. The number of rotatable bonds is 5. The van der Waals surface area contributed by atoms with E-state index in [4.69, 9.17) is 9.47 Å². The van der Waals surface area contributed by atoms with Gasteiger partial charge in [0.25, 0.3) is 5.91 Å². The van der Waals surface area contributed by atoms with Gasteiger partial charge in [-0.2, -0.15) is 0 Å². The Bertz CT molecular complexity index is 717. The molecule has 1 fully saturated rings. The molecular formula is C19H25N3O5. The van der Waals surface area contributed by atoms with Crippen molar-refractivity contribution < 1.29 is 23.9 Å². The summed E-state index contributed by atoms with van der Waals surface area (Å²) < 4.78 is 10.8. The molecule has 1 aromatic carbocycles. The quantitative estimate of drug-likeness (QED) is 0.812. The lowest BCUT2D eigenvalue weighted by molar-refractivity contribution is -0.139. The summed E-state index contributed by atoms with van der Waals surface area (Å²) in [4.78, 5) is 40.4. The first-order valence-corrected chi connectivity index (χ1v) is 9.20. The Balaban J connectivity index is 1.55. The fraction of sp³-hybridized carbons (Fsp3) is 0.526. The number of carbonyl (C=O) groups is 3. The van der Waals surface area contributed by atoms with Crippen LogP contribution in [0.4, 0.5) is 5.69 Å². The first kappa shape index (κ1) is 19.2. The Kier molecular flexibility index (Phi) is 5.95. The molecule has 2 atom stereocenters. The number of fused-ring (bicyclic) bond motifs is 1. The molecule has 1 aromatic rings. The van der Waals surface area contributed by atoms with E-state index >= 15 is 0 Å². The smallest absolute Gasteiger partial charge is 0.267 e. The maximum atomic E-state index is 12.4. The topological polar surface area (TPSA) is 88.2 Å². The SMILES string of the molecule is C[C@@H]1Oc2ccccc2N(CCC(=O)N[C@H](C)C(=O)N2CCOCC2)C1=O. The molecular weight excluding hydrogens is 350 g/mol. The number of para-hydroxylation sites is 2. The van der Waals surface area contributed by atoms with Gasteiger partial charge < -0.3 is 24.6 Å². The molecule has 2 heterocycles. The number of benzene rings is 1. The largest absolute Gasteiger partial charge is 0.479 e. The van der Waals surface area contributed by atoms with E-state index in [1.54, 1.807) is 35.8 Å². The lowest BCUT2D eigenvalue weighted by atomic mass is 10.1. The van der Waals surface area contributed by atoms with Crippen LogP contribution in [-0.4, -0.2) is 67.6 Å². The van der Waals surface area contributed by atoms with E-state index in [1.807, 2.05) is 12.1 Å².